The highest BCUT2D eigenvalue weighted by molar-refractivity contribution is 5.91. The fourth-order valence-corrected chi connectivity index (χ4v) is 2.93. The van der Waals surface area contributed by atoms with Gasteiger partial charge in [0.05, 0.1) is 19.4 Å². The topological polar surface area (TPSA) is 64.9 Å². The Kier molecular flexibility index (Phi) is 6.32. The number of carbonyl (C=O) groups is 1. The number of hydrogen-bond donors (Lipinski definition) is 1. The number of rotatable bonds is 8. The summed E-state index contributed by atoms with van der Waals surface area (Å²) < 4.78 is 12.9. The fraction of sp³-hybridized carbons (Fsp3) is 0.273. The van der Waals surface area contributed by atoms with Crippen LogP contribution in [0.5, 0.6) is 11.5 Å². The Hall–Kier alpha value is -3.28. The third-order valence-corrected chi connectivity index (χ3v) is 4.34. The second kappa shape index (κ2) is 9.08. The lowest BCUT2D eigenvalue weighted by Gasteiger charge is -2.09. The third-order valence-electron chi connectivity index (χ3n) is 4.34. The van der Waals surface area contributed by atoms with E-state index >= 15 is 0 Å². The molecule has 0 bridgehead atoms. The van der Waals surface area contributed by atoms with Crippen LogP contribution in [0.4, 0.5) is 0 Å². The number of nitrogens with zero attached hydrogens (tertiary/aromatic N) is 2. The second-order valence-electron chi connectivity index (χ2n) is 6.35. The van der Waals surface area contributed by atoms with Crippen LogP contribution in [-0.4, -0.2) is 35.6 Å². The first-order chi connectivity index (χ1) is 13.6. The number of aromatic nitrogens is 2. The predicted molar refractivity (Wildman–Crippen MR) is 110 cm³/mol. The molecule has 146 valence electrons. The normalized spacial score (nSPS) is 11.1. The van der Waals surface area contributed by atoms with Crippen molar-refractivity contribution >= 4 is 17.6 Å². The zero-order chi connectivity index (χ0) is 19.9. The smallest absolute Gasteiger partial charge is 0.244 e. The number of methoxy groups -OCH3 is 1. The summed E-state index contributed by atoms with van der Waals surface area (Å²) in [6, 6.07) is 11.6. The van der Waals surface area contributed by atoms with E-state index in [0.29, 0.717) is 31.1 Å². The highest BCUT2D eigenvalue weighted by atomic mass is 16.5. The Morgan fingerprint density at radius 1 is 1.25 bits per heavy atom. The van der Waals surface area contributed by atoms with Crippen LogP contribution in [0, 0.1) is 6.92 Å². The molecule has 0 atom stereocenters. The maximum Gasteiger partial charge on any atom is 0.244 e. The molecule has 0 aliphatic heterocycles. The molecule has 1 aromatic carbocycles. The molecule has 0 saturated heterocycles. The standard InChI is InChI=1S/C22H25N3O3/c1-4-28-19-10-8-17(14-20(19)27-3)9-11-22(26)23-13-12-18-15-25-16(2)6-5-7-21(25)24-18/h5-11,14-15H,4,12-13H2,1-3H3,(H,23,26)/b11-9+. The highest BCUT2D eigenvalue weighted by Gasteiger charge is 2.05. The Bertz CT molecular complexity index is 992. The maximum absolute atomic E-state index is 12.1. The monoisotopic (exact) mass is 379 g/mol. The first-order valence-electron chi connectivity index (χ1n) is 9.31. The maximum atomic E-state index is 12.1. The predicted octanol–water partition coefficient (Wildman–Crippen LogP) is 3.42. The van der Waals surface area contributed by atoms with Crippen LogP contribution >= 0.6 is 0 Å². The van der Waals surface area contributed by atoms with Crippen LogP contribution in [0.25, 0.3) is 11.7 Å². The minimum absolute atomic E-state index is 0.146. The number of benzene rings is 1. The van der Waals surface area contributed by atoms with E-state index < -0.39 is 0 Å². The number of carbonyl (C=O) groups excluding carboxylic acids is 1. The Labute approximate surface area is 164 Å². The molecule has 0 spiro atoms. The van der Waals surface area contributed by atoms with Crippen molar-refractivity contribution < 1.29 is 14.3 Å². The van der Waals surface area contributed by atoms with Gasteiger partial charge in [-0.2, -0.15) is 0 Å². The Morgan fingerprint density at radius 3 is 2.86 bits per heavy atom. The summed E-state index contributed by atoms with van der Waals surface area (Å²) in [5.41, 5.74) is 3.88. The van der Waals surface area contributed by atoms with Crippen LogP contribution in [0.2, 0.25) is 0 Å². The van der Waals surface area contributed by atoms with Gasteiger partial charge in [0.1, 0.15) is 5.65 Å². The lowest BCUT2D eigenvalue weighted by atomic mass is 10.2. The van der Waals surface area contributed by atoms with Gasteiger partial charge < -0.3 is 19.2 Å². The van der Waals surface area contributed by atoms with Crippen molar-refractivity contribution in [2.45, 2.75) is 20.3 Å². The largest absolute Gasteiger partial charge is 0.493 e. The summed E-state index contributed by atoms with van der Waals surface area (Å²) in [5.74, 6) is 1.19. The van der Waals surface area contributed by atoms with Crippen molar-refractivity contribution in [2.75, 3.05) is 20.3 Å². The van der Waals surface area contributed by atoms with Crippen molar-refractivity contribution in [2.24, 2.45) is 0 Å². The van der Waals surface area contributed by atoms with E-state index in [1.165, 1.54) is 6.08 Å². The summed E-state index contributed by atoms with van der Waals surface area (Å²) in [6.45, 7) is 5.06. The van der Waals surface area contributed by atoms with Crippen molar-refractivity contribution in [1.82, 2.24) is 14.7 Å². The molecule has 0 saturated carbocycles. The van der Waals surface area contributed by atoms with Crippen molar-refractivity contribution in [3.63, 3.8) is 0 Å². The summed E-state index contributed by atoms with van der Waals surface area (Å²) in [5, 5.41) is 2.89. The minimum Gasteiger partial charge on any atom is -0.493 e. The molecular formula is C22H25N3O3. The van der Waals surface area contributed by atoms with Gasteiger partial charge in [-0.3, -0.25) is 4.79 Å². The van der Waals surface area contributed by atoms with Crippen LogP contribution in [-0.2, 0) is 11.2 Å². The van der Waals surface area contributed by atoms with E-state index in [1.807, 2.05) is 56.4 Å². The van der Waals surface area contributed by atoms with Crippen LogP contribution in [0.3, 0.4) is 0 Å². The second-order valence-corrected chi connectivity index (χ2v) is 6.35. The van der Waals surface area contributed by atoms with E-state index in [0.717, 1.165) is 22.6 Å². The van der Waals surface area contributed by atoms with Gasteiger partial charge in [0.25, 0.3) is 0 Å². The number of aryl methyl sites for hydroxylation is 1. The van der Waals surface area contributed by atoms with Crippen molar-refractivity contribution in [3.8, 4) is 11.5 Å². The molecule has 3 aromatic rings. The molecule has 6 nitrogen and oxygen atoms in total. The van der Waals surface area contributed by atoms with Gasteiger partial charge in [-0.25, -0.2) is 4.98 Å². The van der Waals surface area contributed by atoms with Crippen LogP contribution in [0.1, 0.15) is 23.9 Å². The first-order valence-corrected chi connectivity index (χ1v) is 9.31. The van der Waals surface area contributed by atoms with Crippen LogP contribution < -0.4 is 14.8 Å². The molecule has 2 aromatic heterocycles. The van der Waals surface area contributed by atoms with Gasteiger partial charge in [0.2, 0.25) is 5.91 Å². The fourth-order valence-electron chi connectivity index (χ4n) is 2.93. The number of ether oxygens (including phenoxy) is 2. The third kappa shape index (κ3) is 4.71. The molecule has 0 aliphatic carbocycles. The molecule has 28 heavy (non-hydrogen) atoms. The lowest BCUT2D eigenvalue weighted by molar-refractivity contribution is -0.116. The zero-order valence-corrected chi connectivity index (χ0v) is 16.4. The number of pyridine rings is 1. The zero-order valence-electron chi connectivity index (χ0n) is 16.4. The average molecular weight is 379 g/mol. The number of fused-ring (bicyclic) bond motifs is 1. The molecule has 1 N–H and O–H groups in total. The molecule has 0 fully saturated rings. The summed E-state index contributed by atoms with van der Waals surface area (Å²) in [7, 11) is 1.60. The van der Waals surface area contributed by atoms with Gasteiger partial charge in [-0.1, -0.05) is 12.1 Å². The number of imidazole rings is 1. The van der Waals surface area contributed by atoms with Crippen molar-refractivity contribution in [3.05, 3.63) is 65.6 Å². The van der Waals surface area contributed by atoms with Gasteiger partial charge in [-0.15, -0.1) is 0 Å². The molecular weight excluding hydrogens is 354 g/mol. The van der Waals surface area contributed by atoms with E-state index in [-0.39, 0.29) is 5.91 Å². The lowest BCUT2D eigenvalue weighted by Crippen LogP contribution is -2.23. The van der Waals surface area contributed by atoms with Gasteiger partial charge in [-0.05, 0) is 49.8 Å². The Balaban J connectivity index is 1.54. The summed E-state index contributed by atoms with van der Waals surface area (Å²) in [6.07, 6.45) is 5.96. The molecule has 0 radical (unpaired) electrons. The number of hydrogen-bond acceptors (Lipinski definition) is 4. The first kappa shape index (κ1) is 19.5. The van der Waals surface area contributed by atoms with E-state index in [1.54, 1.807) is 13.2 Å². The Morgan fingerprint density at radius 2 is 2.11 bits per heavy atom. The highest BCUT2D eigenvalue weighted by Crippen LogP contribution is 2.28. The molecule has 6 heteroatoms. The summed E-state index contributed by atoms with van der Waals surface area (Å²) in [4.78, 5) is 16.7. The quantitative estimate of drug-likeness (QED) is 0.609. The van der Waals surface area contributed by atoms with Crippen LogP contribution in [0.15, 0.2) is 48.7 Å². The van der Waals surface area contributed by atoms with Gasteiger partial charge in [0.15, 0.2) is 11.5 Å². The SMILES string of the molecule is CCOc1ccc(/C=C/C(=O)NCCc2cn3c(C)cccc3n2)cc1OC. The van der Waals surface area contributed by atoms with E-state index in [2.05, 4.69) is 14.7 Å². The minimum atomic E-state index is -0.146. The van der Waals surface area contributed by atoms with Crippen molar-refractivity contribution in [1.29, 1.82) is 0 Å². The molecule has 0 aliphatic rings. The van der Waals surface area contributed by atoms with E-state index in [9.17, 15) is 4.79 Å². The average Bonchev–Trinajstić information content (AvgIpc) is 3.12. The molecule has 3 rings (SSSR count). The summed E-state index contributed by atoms with van der Waals surface area (Å²) >= 11 is 0. The van der Waals surface area contributed by atoms with E-state index in [4.69, 9.17) is 9.47 Å². The molecule has 2 heterocycles. The number of amides is 1. The number of nitrogens with one attached hydrogen (secondary N) is 1. The van der Waals surface area contributed by atoms with Gasteiger partial charge in [0, 0.05) is 30.9 Å². The molecule has 0 unspecified atom stereocenters. The molecule has 1 amide bonds. The van der Waals surface area contributed by atoms with Gasteiger partial charge >= 0.3 is 0 Å².